The minimum absolute atomic E-state index is 0.0861. The van der Waals surface area contributed by atoms with Gasteiger partial charge in [0.15, 0.2) is 0 Å². The fraction of sp³-hybridized carbons (Fsp3) is 0.467. The molecule has 1 amide bonds. The van der Waals surface area contributed by atoms with Gasteiger partial charge in [0, 0.05) is 5.54 Å². The number of anilines is 1. The molecular weight excluding hydrogens is 238 g/mol. The van der Waals surface area contributed by atoms with Crippen LogP contribution in [0.5, 0.6) is 0 Å². The van der Waals surface area contributed by atoms with Crippen molar-refractivity contribution in [3.8, 4) is 6.07 Å². The third-order valence-corrected chi connectivity index (χ3v) is 2.56. The van der Waals surface area contributed by atoms with E-state index < -0.39 is 6.04 Å². The van der Waals surface area contributed by atoms with E-state index in [0.29, 0.717) is 11.3 Å². The standard InChI is InChI=1S/C15H21N3O/c1-10-6-7-13(12(8-10)9-16)17-11(2)14(19)18-15(3,4)5/h6-8,11,17H,1-5H3,(H,18,19). The first-order valence-corrected chi connectivity index (χ1v) is 6.32. The van der Waals surface area contributed by atoms with Crippen molar-refractivity contribution < 1.29 is 4.79 Å². The monoisotopic (exact) mass is 259 g/mol. The topological polar surface area (TPSA) is 64.9 Å². The Morgan fingerprint density at radius 3 is 2.53 bits per heavy atom. The molecule has 19 heavy (non-hydrogen) atoms. The molecule has 2 N–H and O–H groups in total. The molecule has 0 saturated heterocycles. The second-order valence-electron chi connectivity index (χ2n) is 5.77. The first-order valence-electron chi connectivity index (χ1n) is 6.32. The smallest absolute Gasteiger partial charge is 0.242 e. The summed E-state index contributed by atoms with van der Waals surface area (Å²) in [5.74, 6) is -0.0861. The molecule has 1 aromatic rings. The highest BCUT2D eigenvalue weighted by atomic mass is 16.2. The van der Waals surface area contributed by atoms with Crippen LogP contribution in [-0.2, 0) is 4.79 Å². The summed E-state index contributed by atoms with van der Waals surface area (Å²) >= 11 is 0. The Morgan fingerprint density at radius 1 is 1.37 bits per heavy atom. The first kappa shape index (κ1) is 15.0. The minimum Gasteiger partial charge on any atom is -0.373 e. The van der Waals surface area contributed by atoms with E-state index >= 15 is 0 Å². The number of hydrogen-bond acceptors (Lipinski definition) is 3. The zero-order valence-electron chi connectivity index (χ0n) is 12.2. The van der Waals surface area contributed by atoms with E-state index in [2.05, 4.69) is 16.7 Å². The number of rotatable bonds is 3. The van der Waals surface area contributed by atoms with Crippen molar-refractivity contribution in [2.24, 2.45) is 0 Å². The maximum absolute atomic E-state index is 12.0. The Bertz CT molecular complexity index is 509. The van der Waals surface area contributed by atoms with Gasteiger partial charge in [-0.2, -0.15) is 5.26 Å². The fourth-order valence-corrected chi connectivity index (χ4v) is 1.65. The lowest BCUT2D eigenvalue weighted by molar-refractivity contribution is -0.122. The van der Waals surface area contributed by atoms with E-state index in [0.717, 1.165) is 5.56 Å². The summed E-state index contributed by atoms with van der Waals surface area (Å²) in [7, 11) is 0. The second-order valence-corrected chi connectivity index (χ2v) is 5.77. The molecule has 4 heteroatoms. The molecule has 0 saturated carbocycles. The largest absolute Gasteiger partial charge is 0.373 e. The Morgan fingerprint density at radius 2 is 2.00 bits per heavy atom. The van der Waals surface area contributed by atoms with Gasteiger partial charge in [-0.05, 0) is 52.3 Å². The number of amides is 1. The van der Waals surface area contributed by atoms with Gasteiger partial charge in [-0.15, -0.1) is 0 Å². The molecule has 1 atom stereocenters. The van der Waals surface area contributed by atoms with Gasteiger partial charge in [0.2, 0.25) is 5.91 Å². The zero-order chi connectivity index (χ0) is 14.6. The SMILES string of the molecule is Cc1ccc(NC(C)C(=O)NC(C)(C)C)c(C#N)c1. The third kappa shape index (κ3) is 4.63. The van der Waals surface area contributed by atoms with E-state index in [1.54, 1.807) is 13.0 Å². The van der Waals surface area contributed by atoms with Gasteiger partial charge >= 0.3 is 0 Å². The highest BCUT2D eigenvalue weighted by Gasteiger charge is 2.19. The van der Waals surface area contributed by atoms with Crippen LogP contribution in [0.4, 0.5) is 5.69 Å². The molecule has 0 aliphatic carbocycles. The summed E-state index contributed by atoms with van der Waals surface area (Å²) in [5.41, 5.74) is 1.99. The molecular formula is C15H21N3O. The van der Waals surface area contributed by atoms with Crippen molar-refractivity contribution in [2.75, 3.05) is 5.32 Å². The molecule has 1 rings (SSSR count). The van der Waals surface area contributed by atoms with Gasteiger partial charge in [0.05, 0.1) is 11.3 Å². The molecule has 0 heterocycles. The van der Waals surface area contributed by atoms with Gasteiger partial charge < -0.3 is 10.6 Å². The van der Waals surface area contributed by atoms with Crippen LogP contribution in [0, 0.1) is 18.3 Å². The van der Waals surface area contributed by atoms with Crippen molar-refractivity contribution in [3.05, 3.63) is 29.3 Å². The number of carbonyl (C=O) groups is 1. The Balaban J connectivity index is 2.80. The van der Waals surface area contributed by atoms with Crippen LogP contribution < -0.4 is 10.6 Å². The highest BCUT2D eigenvalue weighted by Crippen LogP contribution is 2.17. The summed E-state index contributed by atoms with van der Waals surface area (Å²) < 4.78 is 0. The first-order chi connectivity index (χ1) is 8.73. The number of nitrogens with zero attached hydrogens (tertiary/aromatic N) is 1. The Hall–Kier alpha value is -2.02. The van der Waals surface area contributed by atoms with Gasteiger partial charge in [-0.3, -0.25) is 4.79 Å². The maximum atomic E-state index is 12.0. The average Bonchev–Trinajstić information content (AvgIpc) is 2.29. The van der Waals surface area contributed by atoms with Crippen molar-refractivity contribution in [1.82, 2.24) is 5.32 Å². The van der Waals surface area contributed by atoms with Crippen molar-refractivity contribution in [1.29, 1.82) is 5.26 Å². The Kier molecular flexibility index (Phi) is 4.55. The lowest BCUT2D eigenvalue weighted by Crippen LogP contribution is -2.47. The molecule has 0 spiro atoms. The molecule has 0 aliphatic heterocycles. The van der Waals surface area contributed by atoms with Crippen LogP contribution in [0.2, 0.25) is 0 Å². The van der Waals surface area contributed by atoms with Crippen molar-refractivity contribution >= 4 is 11.6 Å². The molecule has 0 aromatic heterocycles. The molecule has 1 aromatic carbocycles. The van der Waals surface area contributed by atoms with Gasteiger partial charge in [-0.1, -0.05) is 6.07 Å². The molecule has 4 nitrogen and oxygen atoms in total. The number of nitriles is 1. The van der Waals surface area contributed by atoms with E-state index in [1.807, 2.05) is 39.8 Å². The summed E-state index contributed by atoms with van der Waals surface area (Å²) in [6, 6.07) is 7.28. The number of nitrogens with one attached hydrogen (secondary N) is 2. The van der Waals surface area contributed by atoms with Gasteiger partial charge in [0.1, 0.15) is 12.1 Å². The second kappa shape index (κ2) is 5.75. The van der Waals surface area contributed by atoms with E-state index in [9.17, 15) is 4.79 Å². The van der Waals surface area contributed by atoms with Crippen LogP contribution in [0.15, 0.2) is 18.2 Å². The maximum Gasteiger partial charge on any atom is 0.242 e. The number of aryl methyl sites for hydroxylation is 1. The summed E-state index contributed by atoms with van der Waals surface area (Å²) in [6.45, 7) is 9.51. The zero-order valence-corrected chi connectivity index (χ0v) is 12.2. The van der Waals surface area contributed by atoms with Crippen LogP contribution in [0.1, 0.15) is 38.8 Å². The van der Waals surface area contributed by atoms with E-state index in [1.165, 1.54) is 0 Å². The average molecular weight is 259 g/mol. The molecule has 0 fully saturated rings. The summed E-state index contributed by atoms with van der Waals surface area (Å²) in [5, 5.41) is 15.1. The molecule has 0 radical (unpaired) electrons. The van der Waals surface area contributed by atoms with Crippen LogP contribution in [0.3, 0.4) is 0 Å². The van der Waals surface area contributed by atoms with Crippen LogP contribution in [0.25, 0.3) is 0 Å². The molecule has 102 valence electrons. The highest BCUT2D eigenvalue weighted by molar-refractivity contribution is 5.85. The van der Waals surface area contributed by atoms with Gasteiger partial charge in [0.25, 0.3) is 0 Å². The number of hydrogen-bond donors (Lipinski definition) is 2. The molecule has 1 unspecified atom stereocenters. The normalized spacial score (nSPS) is 12.4. The summed E-state index contributed by atoms with van der Waals surface area (Å²) in [4.78, 5) is 12.0. The van der Waals surface area contributed by atoms with E-state index in [-0.39, 0.29) is 11.4 Å². The third-order valence-electron chi connectivity index (χ3n) is 2.56. The number of carbonyl (C=O) groups excluding carboxylic acids is 1. The van der Waals surface area contributed by atoms with Crippen LogP contribution in [-0.4, -0.2) is 17.5 Å². The predicted molar refractivity (Wildman–Crippen MR) is 76.9 cm³/mol. The van der Waals surface area contributed by atoms with Gasteiger partial charge in [-0.25, -0.2) is 0 Å². The molecule has 0 bridgehead atoms. The molecule has 0 aliphatic rings. The Labute approximate surface area is 114 Å². The minimum atomic E-state index is -0.394. The summed E-state index contributed by atoms with van der Waals surface area (Å²) in [6.07, 6.45) is 0. The van der Waals surface area contributed by atoms with Crippen LogP contribution >= 0.6 is 0 Å². The lowest BCUT2D eigenvalue weighted by atomic mass is 10.1. The fourth-order valence-electron chi connectivity index (χ4n) is 1.65. The quantitative estimate of drug-likeness (QED) is 0.877. The lowest BCUT2D eigenvalue weighted by Gasteiger charge is -2.24. The predicted octanol–water partition coefficient (Wildman–Crippen LogP) is 2.58. The number of benzene rings is 1. The van der Waals surface area contributed by atoms with Crippen molar-refractivity contribution in [2.45, 2.75) is 46.2 Å². The van der Waals surface area contributed by atoms with E-state index in [4.69, 9.17) is 5.26 Å². The van der Waals surface area contributed by atoms with Crippen molar-refractivity contribution in [3.63, 3.8) is 0 Å².